The van der Waals surface area contributed by atoms with E-state index in [2.05, 4.69) is 20.7 Å². The van der Waals surface area contributed by atoms with Crippen molar-refractivity contribution in [3.63, 3.8) is 0 Å². The molecule has 11 heteroatoms. The number of methoxy groups -OCH3 is 1. The predicted octanol–water partition coefficient (Wildman–Crippen LogP) is 1.53. The number of ether oxygens (including phenoxy) is 1. The minimum absolute atomic E-state index is 0.165. The van der Waals surface area contributed by atoms with Crippen LogP contribution < -0.4 is 10.1 Å². The van der Waals surface area contributed by atoms with E-state index in [0.29, 0.717) is 49.5 Å². The molecule has 5 rings (SSSR count). The van der Waals surface area contributed by atoms with Crippen LogP contribution in [0.5, 0.6) is 5.75 Å². The van der Waals surface area contributed by atoms with E-state index in [9.17, 15) is 19.8 Å². The fourth-order valence-corrected chi connectivity index (χ4v) is 6.09. The number of hydrogen-bond donors (Lipinski definition) is 3. The van der Waals surface area contributed by atoms with Gasteiger partial charge in [-0.25, -0.2) is 0 Å². The maximum Gasteiger partial charge on any atom is 0.321 e. The lowest BCUT2D eigenvalue weighted by molar-refractivity contribution is -0.143. The zero-order valence-corrected chi connectivity index (χ0v) is 19.8. The van der Waals surface area contributed by atoms with Gasteiger partial charge in [0.2, 0.25) is 5.82 Å². The summed E-state index contributed by atoms with van der Waals surface area (Å²) < 4.78 is 5.19. The van der Waals surface area contributed by atoms with Crippen molar-refractivity contribution in [3.8, 4) is 17.1 Å². The highest BCUT2D eigenvalue weighted by molar-refractivity contribution is 5.74. The molecule has 35 heavy (non-hydrogen) atoms. The van der Waals surface area contributed by atoms with Crippen molar-refractivity contribution >= 4 is 11.9 Å². The van der Waals surface area contributed by atoms with Gasteiger partial charge in [0, 0.05) is 18.7 Å². The third-order valence-corrected chi connectivity index (χ3v) is 7.97. The second-order valence-electron chi connectivity index (χ2n) is 10.1. The summed E-state index contributed by atoms with van der Waals surface area (Å²) in [5.74, 6) is 0.880. The maximum absolute atomic E-state index is 12.1. The van der Waals surface area contributed by atoms with Crippen LogP contribution in [0.3, 0.4) is 0 Å². The summed E-state index contributed by atoms with van der Waals surface area (Å²) in [6.45, 7) is 2.01. The molecule has 3 fully saturated rings. The molecule has 0 spiro atoms. The first-order valence-electron chi connectivity index (χ1n) is 12.3. The summed E-state index contributed by atoms with van der Waals surface area (Å²) in [6, 6.07) is 6.18. The lowest BCUT2D eigenvalue weighted by Crippen LogP contribution is -2.50. The van der Waals surface area contributed by atoms with E-state index >= 15 is 0 Å². The van der Waals surface area contributed by atoms with E-state index in [4.69, 9.17) is 4.74 Å². The van der Waals surface area contributed by atoms with Crippen molar-refractivity contribution in [2.45, 2.75) is 50.2 Å². The van der Waals surface area contributed by atoms with Crippen LogP contribution in [0.1, 0.15) is 38.1 Å². The Bertz CT molecular complexity index is 1060. The summed E-state index contributed by atoms with van der Waals surface area (Å²) in [5.41, 5.74) is 0.820. The molecular formula is C24H32N6O5. The molecule has 2 aliphatic heterocycles. The fraction of sp³-hybridized carbons (Fsp3) is 0.625. The molecule has 1 aliphatic carbocycles. The van der Waals surface area contributed by atoms with Crippen molar-refractivity contribution in [3.05, 3.63) is 24.3 Å². The van der Waals surface area contributed by atoms with Gasteiger partial charge in [-0.2, -0.15) is 4.80 Å². The Hall–Kier alpha value is -3.05. The Labute approximate surface area is 203 Å². The van der Waals surface area contributed by atoms with E-state index in [-0.39, 0.29) is 6.04 Å². The fourth-order valence-electron chi connectivity index (χ4n) is 6.09. The molecule has 1 saturated carbocycles. The van der Waals surface area contributed by atoms with Gasteiger partial charge in [0.25, 0.3) is 0 Å². The summed E-state index contributed by atoms with van der Waals surface area (Å²) in [6.07, 6.45) is 4.12. The maximum atomic E-state index is 12.1. The van der Waals surface area contributed by atoms with Gasteiger partial charge in [-0.15, -0.1) is 10.2 Å². The van der Waals surface area contributed by atoms with Gasteiger partial charge in [-0.1, -0.05) is 0 Å². The van der Waals surface area contributed by atoms with Crippen molar-refractivity contribution in [1.29, 1.82) is 0 Å². The Morgan fingerprint density at radius 1 is 1.09 bits per heavy atom. The van der Waals surface area contributed by atoms with Gasteiger partial charge in [0.05, 0.1) is 13.2 Å². The van der Waals surface area contributed by atoms with Crippen LogP contribution in [-0.4, -0.2) is 86.1 Å². The van der Waals surface area contributed by atoms with Crippen molar-refractivity contribution in [1.82, 2.24) is 30.4 Å². The van der Waals surface area contributed by atoms with E-state index < -0.39 is 24.0 Å². The lowest BCUT2D eigenvalue weighted by Gasteiger charge is -2.42. The van der Waals surface area contributed by atoms with Gasteiger partial charge >= 0.3 is 11.9 Å². The smallest absolute Gasteiger partial charge is 0.321 e. The van der Waals surface area contributed by atoms with Gasteiger partial charge in [-0.05, 0) is 85.9 Å². The highest BCUT2D eigenvalue weighted by Crippen LogP contribution is 2.40. The standard InChI is InChI=1S/C24H32N6O5/c1-35-19-6-4-15(5-7-19)22-26-28-30(27-22)18-10-21(24(33)34)29(13-18)12-14-2-3-16-11-25-20(23(31)32)9-17(16)8-14/h4-7,14,16-18,20-21,25H,2-3,8-13H2,1H3,(H,31,32)(H,33,34)/t14?,16-,17?,18-,20?,21-/m0/s1. The molecule has 11 nitrogen and oxygen atoms in total. The molecule has 0 bridgehead atoms. The number of aromatic nitrogens is 4. The molecule has 2 aromatic rings. The highest BCUT2D eigenvalue weighted by Gasteiger charge is 2.42. The van der Waals surface area contributed by atoms with E-state index in [1.807, 2.05) is 29.2 Å². The van der Waals surface area contributed by atoms with Crippen molar-refractivity contribution in [2.75, 3.05) is 26.7 Å². The summed E-state index contributed by atoms with van der Waals surface area (Å²) in [4.78, 5) is 27.1. The number of nitrogens with zero attached hydrogens (tertiary/aromatic N) is 5. The topological polar surface area (TPSA) is 143 Å². The lowest BCUT2D eigenvalue weighted by atomic mass is 9.69. The molecular weight excluding hydrogens is 452 g/mol. The van der Waals surface area contributed by atoms with Crippen LogP contribution in [-0.2, 0) is 9.59 Å². The Morgan fingerprint density at radius 2 is 1.89 bits per heavy atom. The van der Waals surface area contributed by atoms with Gasteiger partial charge in [0.15, 0.2) is 0 Å². The normalized spacial score (nSPS) is 31.1. The first-order chi connectivity index (χ1) is 16.9. The molecule has 3 heterocycles. The molecule has 1 aromatic carbocycles. The zero-order valence-electron chi connectivity index (χ0n) is 19.8. The number of carboxylic acids is 2. The summed E-state index contributed by atoms with van der Waals surface area (Å²) >= 11 is 0. The SMILES string of the molecule is COc1ccc(-c2nnn([C@H]3C[C@@H](C(=O)O)N(CC4CC[C@H]5CNC(C(=O)O)CC5C4)C3)n2)cc1. The number of rotatable bonds is 7. The van der Waals surface area contributed by atoms with Gasteiger partial charge in [0.1, 0.15) is 17.8 Å². The average molecular weight is 485 g/mol. The molecule has 2 saturated heterocycles. The number of carboxylic acid groups (broad SMARTS) is 2. The molecule has 6 atom stereocenters. The van der Waals surface area contributed by atoms with Crippen molar-refractivity contribution < 1.29 is 24.5 Å². The number of carbonyl (C=O) groups is 2. The molecule has 1 aromatic heterocycles. The van der Waals surface area contributed by atoms with Crippen LogP contribution in [0.15, 0.2) is 24.3 Å². The molecule has 3 N–H and O–H groups in total. The third kappa shape index (κ3) is 5.01. The van der Waals surface area contributed by atoms with Crippen LogP contribution in [0, 0.1) is 17.8 Å². The molecule has 188 valence electrons. The number of tetrazole rings is 1. The predicted molar refractivity (Wildman–Crippen MR) is 125 cm³/mol. The molecule has 3 unspecified atom stereocenters. The first-order valence-corrected chi connectivity index (χ1v) is 12.3. The minimum Gasteiger partial charge on any atom is -0.497 e. The second kappa shape index (κ2) is 9.90. The van der Waals surface area contributed by atoms with E-state index in [0.717, 1.165) is 37.1 Å². The number of fused-ring (bicyclic) bond motifs is 1. The first kappa shape index (κ1) is 23.7. The zero-order chi connectivity index (χ0) is 24.5. The van der Waals surface area contributed by atoms with Gasteiger partial charge < -0.3 is 20.3 Å². The number of nitrogens with one attached hydrogen (secondary N) is 1. The van der Waals surface area contributed by atoms with E-state index in [1.54, 1.807) is 11.9 Å². The number of piperidine rings is 1. The van der Waals surface area contributed by atoms with Crippen LogP contribution in [0.2, 0.25) is 0 Å². The number of hydrogen-bond acceptors (Lipinski definition) is 8. The summed E-state index contributed by atoms with van der Waals surface area (Å²) in [7, 11) is 1.61. The number of aliphatic carboxylic acids is 2. The monoisotopic (exact) mass is 484 g/mol. The Balaban J connectivity index is 1.24. The largest absolute Gasteiger partial charge is 0.497 e. The molecule has 0 amide bonds. The average Bonchev–Trinajstić information content (AvgIpc) is 3.51. The number of benzene rings is 1. The van der Waals surface area contributed by atoms with Crippen LogP contribution in [0.25, 0.3) is 11.4 Å². The van der Waals surface area contributed by atoms with Gasteiger partial charge in [-0.3, -0.25) is 14.5 Å². The number of likely N-dealkylation sites (tertiary alicyclic amines) is 1. The third-order valence-electron chi connectivity index (χ3n) is 7.97. The Kier molecular flexibility index (Phi) is 6.70. The quantitative estimate of drug-likeness (QED) is 0.529. The van der Waals surface area contributed by atoms with Crippen molar-refractivity contribution in [2.24, 2.45) is 17.8 Å². The molecule has 3 aliphatic rings. The molecule has 0 radical (unpaired) electrons. The second-order valence-corrected chi connectivity index (χ2v) is 10.1. The van der Waals surface area contributed by atoms with Crippen LogP contribution >= 0.6 is 0 Å². The highest BCUT2D eigenvalue weighted by atomic mass is 16.5. The Morgan fingerprint density at radius 3 is 2.60 bits per heavy atom. The minimum atomic E-state index is -0.829. The van der Waals surface area contributed by atoms with Crippen LogP contribution in [0.4, 0.5) is 0 Å². The summed E-state index contributed by atoms with van der Waals surface area (Å²) in [5, 5.41) is 35.4. The van der Waals surface area contributed by atoms with E-state index in [1.165, 1.54) is 0 Å².